The molecule has 1 heterocycles. The van der Waals surface area contributed by atoms with Gasteiger partial charge in [-0.15, -0.1) is 0 Å². The lowest BCUT2D eigenvalue weighted by molar-refractivity contribution is 0.323. The number of nitrogens with zero attached hydrogens (tertiary/aromatic N) is 3. The first-order chi connectivity index (χ1) is 13.7. The highest BCUT2D eigenvalue weighted by Crippen LogP contribution is 2.42. The third kappa shape index (κ3) is 2.95. The van der Waals surface area contributed by atoms with Gasteiger partial charge in [-0.1, -0.05) is 24.3 Å². The van der Waals surface area contributed by atoms with Crippen LogP contribution in [-0.4, -0.2) is 46.3 Å². The minimum Gasteiger partial charge on any atom is -0.493 e. The maximum atomic E-state index is 5.53. The second kappa shape index (κ2) is 7.46. The largest absolute Gasteiger partial charge is 0.493 e. The van der Waals surface area contributed by atoms with Gasteiger partial charge in [0.2, 0.25) is 5.75 Å². The number of hydrogen-bond donors (Lipinski definition) is 0. The SMILES string of the molecule is COc1cc(N(C)N2CN=CC3=C2c2ccccc2CC3)cc(OC)c1OC. The number of fused-ring (bicyclic) bond motifs is 2. The Morgan fingerprint density at radius 2 is 1.68 bits per heavy atom. The zero-order chi connectivity index (χ0) is 19.7. The first-order valence-electron chi connectivity index (χ1n) is 9.30. The van der Waals surface area contributed by atoms with Crippen molar-refractivity contribution in [3.63, 3.8) is 0 Å². The van der Waals surface area contributed by atoms with Crippen LogP contribution in [0.3, 0.4) is 0 Å². The van der Waals surface area contributed by atoms with Crippen molar-refractivity contribution in [1.82, 2.24) is 5.01 Å². The smallest absolute Gasteiger partial charge is 0.203 e. The van der Waals surface area contributed by atoms with Crippen LogP contribution in [0, 0.1) is 0 Å². The zero-order valence-electron chi connectivity index (χ0n) is 16.7. The summed E-state index contributed by atoms with van der Waals surface area (Å²) < 4.78 is 16.5. The van der Waals surface area contributed by atoms with Gasteiger partial charge in [0.15, 0.2) is 11.5 Å². The molecule has 2 aliphatic rings. The zero-order valence-corrected chi connectivity index (χ0v) is 16.7. The molecule has 0 amide bonds. The molecule has 0 saturated heterocycles. The second-order valence-electron chi connectivity index (χ2n) is 6.79. The van der Waals surface area contributed by atoms with Crippen LogP contribution in [0.15, 0.2) is 47.0 Å². The summed E-state index contributed by atoms with van der Waals surface area (Å²) in [5, 5.41) is 4.30. The number of aliphatic imine (C=N–C) groups is 1. The molecule has 0 saturated carbocycles. The highest BCUT2D eigenvalue weighted by Gasteiger charge is 2.28. The van der Waals surface area contributed by atoms with E-state index in [1.807, 2.05) is 25.4 Å². The molecular weight excluding hydrogens is 354 g/mol. The fourth-order valence-electron chi connectivity index (χ4n) is 3.90. The summed E-state index contributed by atoms with van der Waals surface area (Å²) in [6.45, 7) is 0.556. The van der Waals surface area contributed by atoms with Crippen molar-refractivity contribution in [3.8, 4) is 17.2 Å². The van der Waals surface area contributed by atoms with Crippen LogP contribution < -0.4 is 19.2 Å². The number of hydrogen-bond acceptors (Lipinski definition) is 6. The number of allylic oxidation sites excluding steroid dienone is 1. The van der Waals surface area contributed by atoms with E-state index in [-0.39, 0.29) is 0 Å². The standard InChI is InChI=1S/C22H25N3O3/c1-24(17-11-19(26-2)22(28-4)20(12-17)27-3)25-14-23-13-16-10-9-15-7-5-6-8-18(15)21(16)25/h5-8,11-13H,9-10,14H2,1-4H3. The third-order valence-electron chi connectivity index (χ3n) is 5.35. The monoisotopic (exact) mass is 379 g/mol. The Hall–Kier alpha value is -3.15. The molecular formula is C22H25N3O3. The van der Waals surface area contributed by atoms with Crippen molar-refractivity contribution in [2.75, 3.05) is 40.1 Å². The van der Waals surface area contributed by atoms with Gasteiger partial charge in [-0.2, -0.15) is 0 Å². The number of benzene rings is 2. The average molecular weight is 379 g/mol. The number of methoxy groups -OCH3 is 3. The van der Waals surface area contributed by atoms with Crippen LogP contribution in [0.5, 0.6) is 17.2 Å². The molecule has 0 N–H and O–H groups in total. The first-order valence-corrected chi connectivity index (χ1v) is 9.30. The Kier molecular flexibility index (Phi) is 4.86. The summed E-state index contributed by atoms with van der Waals surface area (Å²) in [7, 11) is 6.90. The molecule has 0 radical (unpaired) electrons. The van der Waals surface area contributed by atoms with E-state index < -0.39 is 0 Å². The molecule has 1 aliphatic heterocycles. The van der Waals surface area contributed by atoms with E-state index in [4.69, 9.17) is 14.2 Å². The van der Waals surface area contributed by atoms with Gasteiger partial charge >= 0.3 is 0 Å². The van der Waals surface area contributed by atoms with Gasteiger partial charge < -0.3 is 14.2 Å². The molecule has 1 aliphatic carbocycles. The summed E-state index contributed by atoms with van der Waals surface area (Å²) in [4.78, 5) is 4.60. The van der Waals surface area contributed by atoms with Crippen LogP contribution >= 0.6 is 0 Å². The van der Waals surface area contributed by atoms with Crippen molar-refractivity contribution >= 4 is 17.6 Å². The predicted molar refractivity (Wildman–Crippen MR) is 111 cm³/mol. The number of anilines is 1. The number of rotatable bonds is 5. The summed E-state index contributed by atoms with van der Waals surface area (Å²) in [5.41, 5.74) is 6.06. The highest BCUT2D eigenvalue weighted by atomic mass is 16.5. The molecule has 0 atom stereocenters. The molecule has 0 fully saturated rings. The van der Waals surface area contributed by atoms with Crippen LogP contribution in [0.4, 0.5) is 5.69 Å². The van der Waals surface area contributed by atoms with Crippen molar-refractivity contribution < 1.29 is 14.2 Å². The molecule has 0 aromatic heterocycles. The van der Waals surface area contributed by atoms with E-state index in [1.54, 1.807) is 21.3 Å². The molecule has 0 unspecified atom stereocenters. The normalized spacial score (nSPS) is 15.1. The maximum absolute atomic E-state index is 5.53. The lowest BCUT2D eigenvalue weighted by Crippen LogP contribution is -2.41. The lowest BCUT2D eigenvalue weighted by Gasteiger charge is -2.40. The van der Waals surface area contributed by atoms with E-state index in [0.717, 1.165) is 18.5 Å². The Morgan fingerprint density at radius 1 is 0.964 bits per heavy atom. The van der Waals surface area contributed by atoms with E-state index in [2.05, 4.69) is 39.3 Å². The van der Waals surface area contributed by atoms with E-state index in [9.17, 15) is 0 Å². The van der Waals surface area contributed by atoms with Crippen LogP contribution in [-0.2, 0) is 6.42 Å². The summed E-state index contributed by atoms with van der Waals surface area (Å²) in [6.07, 6.45) is 4.06. The molecule has 0 bridgehead atoms. The second-order valence-corrected chi connectivity index (χ2v) is 6.79. The summed E-state index contributed by atoms with van der Waals surface area (Å²) >= 11 is 0. The molecule has 2 aromatic carbocycles. The van der Waals surface area contributed by atoms with Gasteiger partial charge in [0.25, 0.3) is 0 Å². The van der Waals surface area contributed by atoms with Crippen LogP contribution in [0.25, 0.3) is 5.70 Å². The molecule has 0 spiro atoms. The predicted octanol–water partition coefficient (Wildman–Crippen LogP) is 3.77. The summed E-state index contributed by atoms with van der Waals surface area (Å²) in [6, 6.07) is 12.5. The highest BCUT2D eigenvalue weighted by molar-refractivity contribution is 5.94. The van der Waals surface area contributed by atoms with Gasteiger partial charge in [0.05, 0.1) is 32.7 Å². The van der Waals surface area contributed by atoms with Gasteiger partial charge in [0, 0.05) is 31.0 Å². The molecule has 28 heavy (non-hydrogen) atoms. The molecule has 6 nitrogen and oxygen atoms in total. The molecule has 146 valence electrons. The maximum Gasteiger partial charge on any atom is 0.203 e. The van der Waals surface area contributed by atoms with Crippen molar-refractivity contribution in [2.45, 2.75) is 12.8 Å². The quantitative estimate of drug-likeness (QED) is 0.792. The first kappa shape index (κ1) is 18.2. The topological polar surface area (TPSA) is 46.5 Å². The Labute approximate surface area is 165 Å². The van der Waals surface area contributed by atoms with Crippen molar-refractivity contribution in [1.29, 1.82) is 0 Å². The Morgan fingerprint density at radius 3 is 2.36 bits per heavy atom. The minimum absolute atomic E-state index is 0.556. The van der Waals surface area contributed by atoms with Crippen LogP contribution in [0.1, 0.15) is 17.5 Å². The fraction of sp³-hybridized carbons (Fsp3) is 0.318. The summed E-state index contributed by atoms with van der Waals surface area (Å²) in [5.74, 6) is 1.84. The van der Waals surface area contributed by atoms with Gasteiger partial charge in [-0.05, 0) is 24.0 Å². The average Bonchev–Trinajstić information content (AvgIpc) is 2.76. The van der Waals surface area contributed by atoms with E-state index in [0.29, 0.717) is 23.9 Å². The van der Waals surface area contributed by atoms with Gasteiger partial charge in [0.1, 0.15) is 6.67 Å². The van der Waals surface area contributed by atoms with Gasteiger partial charge in [-0.3, -0.25) is 15.0 Å². The van der Waals surface area contributed by atoms with Crippen molar-refractivity contribution in [2.24, 2.45) is 4.99 Å². The molecule has 4 rings (SSSR count). The number of hydrazine groups is 1. The molecule has 2 aromatic rings. The lowest BCUT2D eigenvalue weighted by atomic mass is 9.89. The molecule has 6 heteroatoms. The Balaban J connectivity index is 1.77. The Bertz CT molecular complexity index is 927. The number of aryl methyl sites for hydroxylation is 1. The van der Waals surface area contributed by atoms with E-state index in [1.165, 1.54) is 22.4 Å². The minimum atomic E-state index is 0.556. The van der Waals surface area contributed by atoms with Crippen molar-refractivity contribution in [3.05, 3.63) is 53.1 Å². The fourth-order valence-corrected chi connectivity index (χ4v) is 3.90. The van der Waals surface area contributed by atoms with Crippen LogP contribution in [0.2, 0.25) is 0 Å². The van der Waals surface area contributed by atoms with E-state index >= 15 is 0 Å². The number of ether oxygens (including phenoxy) is 3. The van der Waals surface area contributed by atoms with Gasteiger partial charge in [-0.25, -0.2) is 0 Å². The third-order valence-corrected chi connectivity index (χ3v) is 5.35.